The minimum atomic E-state index is -4.11. The highest BCUT2D eigenvalue weighted by molar-refractivity contribution is 5.27. The Hall–Kier alpha value is -1.10. The van der Waals surface area contributed by atoms with Crippen LogP contribution < -0.4 is 10.1 Å². The van der Waals surface area contributed by atoms with Gasteiger partial charge in [0, 0.05) is 34.6 Å². The number of aliphatic hydroxyl groups is 1. The number of hydrogen-bond acceptors (Lipinski definition) is 4. The maximum Gasteiger partial charge on any atom is 0.119 e. The molecule has 0 heterocycles. The van der Waals surface area contributed by atoms with E-state index in [9.17, 15) is 5.11 Å². The molecule has 0 saturated heterocycles. The molecule has 0 radical (unpaired) electrons. The molecular formula is C15H25NO3. The Labute approximate surface area is 142 Å². The van der Waals surface area contributed by atoms with Gasteiger partial charge in [0.1, 0.15) is 18.4 Å². The summed E-state index contributed by atoms with van der Waals surface area (Å²) in [5.74, 6) is -0.600. The molecule has 0 saturated carbocycles. The first-order valence-corrected chi connectivity index (χ1v) is 4.86. The molecule has 0 aliphatic rings. The second kappa shape index (κ2) is 8.91. The van der Waals surface area contributed by atoms with E-state index in [1.165, 1.54) is 5.32 Å². The highest BCUT2D eigenvalue weighted by atomic mass is 16.5. The van der Waals surface area contributed by atoms with Gasteiger partial charge in [-0.05, 0) is 24.1 Å². The van der Waals surface area contributed by atoms with Crippen LogP contribution in [0.1, 0.15) is 45.3 Å². The first kappa shape index (κ1) is 3.75. The normalized spacial score (nSPS) is 34.7. The van der Waals surface area contributed by atoms with Crippen molar-refractivity contribution in [2.75, 3.05) is 26.7 Å². The van der Waals surface area contributed by atoms with Crippen molar-refractivity contribution in [3.63, 3.8) is 0 Å². The summed E-state index contributed by atoms with van der Waals surface area (Å²) in [5.41, 5.74) is -0.507. The van der Waals surface area contributed by atoms with Crippen molar-refractivity contribution in [2.45, 2.75) is 32.2 Å². The molecule has 2 N–H and O–H groups in total. The summed E-state index contributed by atoms with van der Waals surface area (Å²) in [7, 11) is -3.29. The lowest BCUT2D eigenvalue weighted by Gasteiger charge is -2.15. The predicted octanol–water partition coefficient (Wildman–Crippen LogP) is 1.61. The Balaban J connectivity index is 3.31. The molecule has 0 aliphatic carbocycles. The largest absolute Gasteiger partial charge is 0.491 e. The lowest BCUT2D eigenvalue weighted by molar-refractivity contribution is 0.104. The Morgan fingerprint density at radius 1 is 1.42 bits per heavy atom. The van der Waals surface area contributed by atoms with E-state index in [-0.39, 0.29) is 0 Å². The van der Waals surface area contributed by atoms with E-state index in [1.807, 2.05) is 0 Å². The van der Waals surface area contributed by atoms with E-state index in [4.69, 9.17) is 30.8 Å². The monoisotopic (exact) mass is 286 g/mol. The van der Waals surface area contributed by atoms with Gasteiger partial charge in [0.15, 0.2) is 0 Å². The van der Waals surface area contributed by atoms with E-state index in [0.29, 0.717) is 0 Å². The first-order valence-electron chi connectivity index (χ1n) is 14.4. The van der Waals surface area contributed by atoms with Crippen molar-refractivity contribution in [3.05, 3.63) is 29.8 Å². The zero-order valence-electron chi connectivity index (χ0n) is 28.6. The molecule has 0 bridgehead atoms. The number of aryl methyl sites for hydroxylation is 1. The highest BCUT2D eigenvalue weighted by Gasteiger charge is 2.05. The molecule has 1 atom stereocenters. The Morgan fingerprint density at radius 3 is 2.89 bits per heavy atom. The fraction of sp³-hybridized carbons (Fsp3) is 0.600. The van der Waals surface area contributed by atoms with Crippen molar-refractivity contribution in [3.8, 4) is 5.75 Å². The van der Waals surface area contributed by atoms with Gasteiger partial charge in [-0.2, -0.15) is 0 Å². The lowest BCUT2D eigenvalue weighted by Crippen LogP contribution is -2.35. The molecule has 19 heavy (non-hydrogen) atoms. The van der Waals surface area contributed by atoms with Gasteiger partial charge < -0.3 is 19.9 Å². The van der Waals surface area contributed by atoms with Crippen LogP contribution in [0.25, 0.3) is 0 Å². The van der Waals surface area contributed by atoms with Crippen LogP contribution in [0.15, 0.2) is 24.3 Å². The molecule has 1 unspecified atom stereocenters. The number of methoxy groups -OCH3 is 1. The van der Waals surface area contributed by atoms with E-state index in [2.05, 4.69) is 4.74 Å². The molecule has 4 heteroatoms. The molecular weight excluding hydrogens is 242 g/mol. The van der Waals surface area contributed by atoms with E-state index >= 15 is 0 Å². The number of rotatable bonds is 9. The smallest absolute Gasteiger partial charge is 0.119 e. The van der Waals surface area contributed by atoms with Gasteiger partial charge in [-0.25, -0.2) is 0 Å². The van der Waals surface area contributed by atoms with Crippen LogP contribution in [0, 0.1) is 0 Å². The van der Waals surface area contributed by atoms with Gasteiger partial charge in [-0.15, -0.1) is 0 Å². The summed E-state index contributed by atoms with van der Waals surface area (Å²) in [4.78, 5) is 0. The molecule has 1 aromatic rings. The molecule has 108 valence electrons. The lowest BCUT2D eigenvalue weighted by atomic mass is 10.1. The third-order valence-corrected chi connectivity index (χ3v) is 1.67. The maximum absolute atomic E-state index is 10.4. The summed E-state index contributed by atoms with van der Waals surface area (Å²) >= 11 is 0. The zero-order valence-corrected chi connectivity index (χ0v) is 9.57. The maximum atomic E-state index is 10.4. The van der Waals surface area contributed by atoms with Gasteiger partial charge >= 0.3 is 0 Å². The Bertz CT molecular complexity index is 950. The van der Waals surface area contributed by atoms with Gasteiger partial charge in [0.25, 0.3) is 0 Å². The first-order chi connectivity index (χ1) is 16.3. The standard InChI is InChI=1S/C15H25NO3/c1-12(2)16-10-14(17)11-19-15-6-4-13(5-7-15)8-9-18-3/h4-7,12,14,16-17H,8-11H2,1-3H3/i1D3,2D3,3D3,8D2,9D2,10D2,11D2,12D,14D. The van der Waals surface area contributed by atoms with Gasteiger partial charge in [0.2, 0.25) is 0 Å². The highest BCUT2D eigenvalue weighted by Crippen LogP contribution is 2.12. The van der Waals surface area contributed by atoms with Gasteiger partial charge in [0.05, 0.1) is 17.5 Å². The van der Waals surface area contributed by atoms with E-state index in [1.54, 1.807) is 0 Å². The Morgan fingerprint density at radius 2 is 2.21 bits per heavy atom. The van der Waals surface area contributed by atoms with E-state index in [0.717, 1.165) is 24.3 Å². The molecule has 1 rings (SSSR count). The minimum Gasteiger partial charge on any atom is -0.491 e. The zero-order chi connectivity index (χ0) is 30.6. The summed E-state index contributed by atoms with van der Waals surface area (Å²) in [5, 5.41) is 11.6. The van der Waals surface area contributed by atoms with Crippen LogP contribution in [-0.4, -0.2) is 43.9 Å². The van der Waals surface area contributed by atoms with Gasteiger partial charge in [-0.3, -0.25) is 0 Å². The van der Waals surface area contributed by atoms with Crippen LogP contribution in [0.2, 0.25) is 0 Å². The van der Waals surface area contributed by atoms with Crippen LogP contribution in [0.3, 0.4) is 0 Å². The second-order valence-electron chi connectivity index (χ2n) is 3.03. The second-order valence-corrected chi connectivity index (χ2v) is 3.03. The fourth-order valence-electron chi connectivity index (χ4n) is 0.945. The topological polar surface area (TPSA) is 50.7 Å². The molecule has 0 fully saturated rings. The van der Waals surface area contributed by atoms with Crippen molar-refractivity contribution >= 4 is 0 Å². The van der Waals surface area contributed by atoms with Gasteiger partial charge in [-0.1, -0.05) is 25.8 Å². The third-order valence-electron chi connectivity index (χ3n) is 1.67. The number of nitrogens with one attached hydrogen (secondary N) is 1. The molecule has 0 aromatic heterocycles. The van der Waals surface area contributed by atoms with Crippen molar-refractivity contribution in [1.82, 2.24) is 5.32 Å². The van der Waals surface area contributed by atoms with Crippen molar-refractivity contribution < 1.29 is 40.6 Å². The average molecular weight is 286 g/mol. The minimum absolute atomic E-state index is 0.507. The van der Waals surface area contributed by atoms with Crippen LogP contribution in [-0.2, 0) is 11.1 Å². The average Bonchev–Trinajstić information content (AvgIpc) is 2.63. The third kappa shape index (κ3) is 7.15. The summed E-state index contributed by atoms with van der Waals surface area (Å²) in [6, 6.07) is -0.553. The molecule has 0 amide bonds. The number of ether oxygens (including phenoxy) is 2. The summed E-state index contributed by atoms with van der Waals surface area (Å²) in [6.45, 7) is -18.6. The number of hydrogen-bond donors (Lipinski definition) is 2. The molecule has 4 nitrogen and oxygen atoms in total. The quantitative estimate of drug-likeness (QED) is 0.724. The molecule has 0 spiro atoms. The molecule has 1 aromatic carbocycles. The van der Waals surface area contributed by atoms with Crippen molar-refractivity contribution in [1.29, 1.82) is 0 Å². The Kier molecular flexibility index (Phi) is 1.76. The SMILES string of the molecule is [2H]C([2H])([2H])OC([2H])([2H])C([2H])([2H])c1ccc(OC([2H])([2H])C([2H])(O)C([2H])([2H])NC([2H])(C([2H])([2H])[2H])C([2H])([2H])[2H])cc1. The van der Waals surface area contributed by atoms with Crippen LogP contribution in [0.4, 0.5) is 0 Å². The predicted molar refractivity (Wildman–Crippen MR) is 76.7 cm³/mol. The number of benzene rings is 1. The molecule has 0 aliphatic heterocycles. The summed E-state index contributed by atoms with van der Waals surface area (Å²) < 4.78 is 152. The van der Waals surface area contributed by atoms with E-state index < -0.39 is 70.1 Å². The van der Waals surface area contributed by atoms with Crippen molar-refractivity contribution in [2.24, 2.45) is 0 Å². The summed E-state index contributed by atoms with van der Waals surface area (Å²) in [6.07, 6.45) is -7.18. The fourth-order valence-corrected chi connectivity index (χ4v) is 0.945. The van der Waals surface area contributed by atoms with Crippen LogP contribution >= 0.6 is 0 Å². The van der Waals surface area contributed by atoms with Crippen LogP contribution in [0.5, 0.6) is 5.75 Å².